The lowest BCUT2D eigenvalue weighted by Gasteiger charge is -2.35. The van der Waals surface area contributed by atoms with Crippen LogP contribution in [0, 0.1) is 20.2 Å². The lowest BCUT2D eigenvalue weighted by Crippen LogP contribution is -2.29. The molecule has 0 aromatic heterocycles. The molecule has 0 radical (unpaired) electrons. The minimum atomic E-state index is -4.96. The molecule has 0 unspecified atom stereocenters. The first-order valence-electron chi connectivity index (χ1n) is 18.4. The first kappa shape index (κ1) is 40.5. The third-order valence-electron chi connectivity index (χ3n) is 10.5. The lowest BCUT2D eigenvalue weighted by atomic mass is 9.66. The highest BCUT2D eigenvalue weighted by atomic mass is 19.4. The van der Waals surface area contributed by atoms with Crippen LogP contribution in [-0.4, -0.2) is 9.85 Å². The molecule has 0 amide bonds. The molecule has 0 spiro atoms. The molecule has 0 saturated carbocycles. The first-order valence-corrected chi connectivity index (χ1v) is 18.4. The number of fused-ring (bicyclic) bond motifs is 3. The van der Waals surface area contributed by atoms with Gasteiger partial charge in [-0.15, -0.1) is 0 Å². The minimum Gasteiger partial charge on any atom is -0.456 e. The number of halogens is 6. The van der Waals surface area contributed by atoms with Crippen molar-refractivity contribution >= 4 is 11.4 Å². The summed E-state index contributed by atoms with van der Waals surface area (Å²) in [6.45, 7) is 7.41. The molecule has 6 aromatic rings. The van der Waals surface area contributed by atoms with Gasteiger partial charge >= 0.3 is 12.4 Å². The van der Waals surface area contributed by atoms with Gasteiger partial charge in [-0.2, -0.15) is 26.3 Å². The number of nitrogens with zero attached hydrogens (tertiary/aromatic N) is 2. The molecule has 0 heterocycles. The molecule has 59 heavy (non-hydrogen) atoms. The number of rotatable bonds is 10. The number of hydrogen-bond donors (Lipinski definition) is 0. The van der Waals surface area contributed by atoms with E-state index in [0.717, 1.165) is 46.5 Å². The second-order valence-electron chi connectivity index (χ2n) is 14.7. The molecule has 1 aliphatic rings. The van der Waals surface area contributed by atoms with Crippen molar-refractivity contribution in [2.24, 2.45) is 0 Å². The van der Waals surface area contributed by atoms with Crippen molar-refractivity contribution in [3.63, 3.8) is 0 Å². The van der Waals surface area contributed by atoms with Gasteiger partial charge in [0.2, 0.25) is 0 Å². The van der Waals surface area contributed by atoms with Crippen molar-refractivity contribution < 1.29 is 45.7 Å². The van der Waals surface area contributed by atoms with Crippen LogP contribution in [0.4, 0.5) is 37.7 Å². The van der Waals surface area contributed by atoms with E-state index in [0.29, 0.717) is 34.4 Å². The van der Waals surface area contributed by atoms with Crippen molar-refractivity contribution in [3.05, 3.63) is 186 Å². The summed E-state index contributed by atoms with van der Waals surface area (Å²) in [6.07, 6.45) is -9.92. The highest BCUT2D eigenvalue weighted by Gasteiger charge is 2.47. The Morgan fingerprint density at radius 3 is 1.20 bits per heavy atom. The van der Waals surface area contributed by atoms with Gasteiger partial charge in [-0.25, -0.2) is 0 Å². The Morgan fingerprint density at radius 2 is 0.864 bits per heavy atom. The van der Waals surface area contributed by atoms with E-state index >= 15 is 0 Å². The van der Waals surface area contributed by atoms with Gasteiger partial charge in [0.1, 0.15) is 34.1 Å². The molecule has 1 aliphatic carbocycles. The quantitative estimate of drug-likeness (QED) is 0.0774. The zero-order valence-electron chi connectivity index (χ0n) is 31.8. The van der Waals surface area contributed by atoms with E-state index in [1.165, 1.54) is 0 Å². The maximum Gasteiger partial charge on any atom is 0.420 e. The largest absolute Gasteiger partial charge is 0.456 e. The Bertz CT molecular complexity index is 2460. The molecule has 6 aromatic carbocycles. The molecule has 0 atom stereocenters. The van der Waals surface area contributed by atoms with Crippen LogP contribution in [0.1, 0.15) is 84.0 Å². The Kier molecular flexibility index (Phi) is 10.2. The molecule has 14 heteroatoms. The SMILES string of the molecule is CC(C)c1cc(C2(c3ccc(Oc4ccc([N+](=O)[O-])cc4C(F)(F)F)c(C(C)C)c3)c3ccccc3-c3ccccc32)ccc1Oc1ccc([N+](=O)[O-])cc1C(F)(F)F. The third-order valence-corrected chi connectivity index (χ3v) is 10.5. The monoisotopic (exact) mass is 812 g/mol. The van der Waals surface area contributed by atoms with Gasteiger partial charge in [0, 0.05) is 24.3 Å². The van der Waals surface area contributed by atoms with Crippen LogP contribution in [0.5, 0.6) is 23.0 Å². The predicted molar refractivity (Wildman–Crippen MR) is 208 cm³/mol. The number of non-ortho nitro benzene ring substituents is 2. The van der Waals surface area contributed by atoms with E-state index in [2.05, 4.69) is 0 Å². The number of nitro benzene ring substituents is 2. The zero-order valence-corrected chi connectivity index (χ0v) is 31.8. The molecule has 8 nitrogen and oxygen atoms in total. The van der Waals surface area contributed by atoms with Gasteiger partial charge in [-0.05, 0) is 80.6 Å². The predicted octanol–water partition coefficient (Wildman–Crippen LogP) is 13.7. The summed E-state index contributed by atoms with van der Waals surface area (Å²) in [6, 6.07) is 30.5. The van der Waals surface area contributed by atoms with E-state index in [4.69, 9.17) is 9.47 Å². The number of benzene rings is 6. The van der Waals surface area contributed by atoms with Crippen molar-refractivity contribution in [2.75, 3.05) is 0 Å². The van der Waals surface area contributed by atoms with Crippen LogP contribution in [0.15, 0.2) is 121 Å². The summed E-state index contributed by atoms with van der Waals surface area (Å²) in [4.78, 5) is 20.9. The maximum absolute atomic E-state index is 14.2. The number of alkyl halides is 6. The second-order valence-corrected chi connectivity index (χ2v) is 14.7. The van der Waals surface area contributed by atoms with E-state index < -0.39 is 61.6 Å². The number of hydrogen-bond acceptors (Lipinski definition) is 6. The van der Waals surface area contributed by atoms with Gasteiger partial charge in [0.05, 0.1) is 15.3 Å². The van der Waals surface area contributed by atoms with Gasteiger partial charge < -0.3 is 9.47 Å². The lowest BCUT2D eigenvalue weighted by molar-refractivity contribution is -0.385. The highest BCUT2D eigenvalue weighted by Crippen LogP contribution is 2.57. The molecule has 0 aliphatic heterocycles. The molecule has 0 fully saturated rings. The Labute approximate surface area is 334 Å². The fraction of sp³-hybridized carbons (Fsp3) is 0.200. The number of nitro groups is 2. The summed E-state index contributed by atoms with van der Waals surface area (Å²) in [5, 5.41) is 22.7. The Morgan fingerprint density at radius 1 is 0.508 bits per heavy atom. The smallest absolute Gasteiger partial charge is 0.420 e. The van der Waals surface area contributed by atoms with Crippen molar-refractivity contribution in [2.45, 2.75) is 57.3 Å². The van der Waals surface area contributed by atoms with Gasteiger partial charge in [-0.1, -0.05) is 100 Å². The molecule has 0 saturated heterocycles. The van der Waals surface area contributed by atoms with E-state index in [-0.39, 0.29) is 23.3 Å². The van der Waals surface area contributed by atoms with Crippen LogP contribution < -0.4 is 9.47 Å². The van der Waals surface area contributed by atoms with Crippen LogP contribution in [0.3, 0.4) is 0 Å². The molecule has 0 bridgehead atoms. The Hall–Kier alpha value is -6.70. The average Bonchev–Trinajstić information content (AvgIpc) is 3.48. The maximum atomic E-state index is 14.2. The normalized spacial score (nSPS) is 13.3. The van der Waals surface area contributed by atoms with E-state index in [9.17, 15) is 46.6 Å². The van der Waals surface area contributed by atoms with Crippen LogP contribution in [-0.2, 0) is 17.8 Å². The summed E-state index contributed by atoms with van der Waals surface area (Å²) in [7, 11) is 0. The topological polar surface area (TPSA) is 105 Å². The van der Waals surface area contributed by atoms with Gasteiger partial charge in [-0.3, -0.25) is 20.2 Å². The average molecular weight is 813 g/mol. The van der Waals surface area contributed by atoms with Crippen molar-refractivity contribution in [3.8, 4) is 34.1 Å². The number of ether oxygens (including phenoxy) is 2. The summed E-state index contributed by atoms with van der Waals surface area (Å²) in [5.41, 5.74) is 0.916. The second kappa shape index (κ2) is 14.9. The fourth-order valence-corrected chi connectivity index (χ4v) is 7.80. The third kappa shape index (κ3) is 7.23. The molecular formula is C45H34F6N2O6. The van der Waals surface area contributed by atoms with Crippen LogP contribution in [0.2, 0.25) is 0 Å². The van der Waals surface area contributed by atoms with Gasteiger partial charge in [0.25, 0.3) is 11.4 Å². The summed E-state index contributed by atoms with van der Waals surface area (Å²) >= 11 is 0. The molecular weight excluding hydrogens is 778 g/mol. The van der Waals surface area contributed by atoms with Crippen molar-refractivity contribution in [1.82, 2.24) is 0 Å². The standard InChI is InChI=1S/C45H34F6N2O6/c1-25(2)33-21-27(13-17-39(33)58-41-19-15-29(52(54)55)23-37(41)44(46,47)48)43(35-11-7-5-9-31(35)32-10-6-8-12-36(32)43)28-14-18-40(34(22-28)26(3)4)59-42-20-16-30(53(56)57)24-38(42)45(49,50)51/h5-26H,1-4H3. The first-order chi connectivity index (χ1) is 27.8. The van der Waals surface area contributed by atoms with Crippen LogP contribution >= 0.6 is 0 Å². The molecule has 0 N–H and O–H groups in total. The highest BCUT2D eigenvalue weighted by molar-refractivity contribution is 5.86. The van der Waals surface area contributed by atoms with Gasteiger partial charge in [0.15, 0.2) is 0 Å². The van der Waals surface area contributed by atoms with Crippen molar-refractivity contribution in [1.29, 1.82) is 0 Å². The fourth-order valence-electron chi connectivity index (χ4n) is 7.80. The van der Waals surface area contributed by atoms with Crippen LogP contribution in [0.25, 0.3) is 11.1 Å². The Balaban J connectivity index is 1.44. The van der Waals surface area contributed by atoms with E-state index in [1.54, 1.807) is 24.3 Å². The molecule has 7 rings (SSSR count). The van der Waals surface area contributed by atoms with E-state index in [1.807, 2.05) is 88.4 Å². The minimum absolute atomic E-state index is 0.105. The molecule has 302 valence electrons. The zero-order chi connectivity index (χ0) is 42.6. The summed E-state index contributed by atoms with van der Waals surface area (Å²) in [5.74, 6) is -1.60. The summed E-state index contributed by atoms with van der Waals surface area (Å²) < 4.78 is 97.2.